The maximum Gasteiger partial charge on any atom is 0.225 e. The lowest BCUT2D eigenvalue weighted by Crippen LogP contribution is -1.99. The van der Waals surface area contributed by atoms with Crippen LogP contribution in [0, 0.1) is 0 Å². The quantitative estimate of drug-likeness (QED) is 0.708. The lowest BCUT2D eigenvalue weighted by Gasteiger charge is -2.07. The number of nitrogen functional groups attached to an aromatic ring is 1. The SMILES string of the molecule is Nc1ccc(CNc2ccc(-c3ncco3)cc2)cc1. The average Bonchev–Trinajstić information content (AvgIpc) is 3.01. The van der Waals surface area contributed by atoms with Crippen LogP contribution in [0.2, 0.25) is 0 Å². The molecule has 0 saturated carbocycles. The molecular formula is C16H15N3O. The Balaban J connectivity index is 1.65. The first-order chi connectivity index (χ1) is 9.81. The van der Waals surface area contributed by atoms with E-state index in [4.69, 9.17) is 10.2 Å². The molecule has 0 fully saturated rings. The van der Waals surface area contributed by atoms with Gasteiger partial charge in [0.25, 0.3) is 0 Å². The summed E-state index contributed by atoms with van der Waals surface area (Å²) in [5.41, 5.74) is 9.65. The number of nitrogens with zero attached hydrogens (tertiary/aromatic N) is 1. The molecule has 100 valence electrons. The second-order valence-corrected chi connectivity index (χ2v) is 4.51. The second-order valence-electron chi connectivity index (χ2n) is 4.51. The monoisotopic (exact) mass is 265 g/mol. The first-order valence-corrected chi connectivity index (χ1v) is 6.39. The molecule has 0 bridgehead atoms. The summed E-state index contributed by atoms with van der Waals surface area (Å²) in [7, 11) is 0. The molecule has 3 aromatic rings. The minimum Gasteiger partial charge on any atom is -0.445 e. The first-order valence-electron chi connectivity index (χ1n) is 6.39. The number of oxazole rings is 1. The lowest BCUT2D eigenvalue weighted by molar-refractivity contribution is 0.574. The van der Waals surface area contributed by atoms with Gasteiger partial charge in [0.2, 0.25) is 5.89 Å². The zero-order valence-electron chi connectivity index (χ0n) is 10.9. The maximum atomic E-state index is 5.66. The van der Waals surface area contributed by atoms with Gasteiger partial charge in [-0.15, -0.1) is 0 Å². The van der Waals surface area contributed by atoms with Crippen LogP contribution in [-0.4, -0.2) is 4.98 Å². The molecule has 3 rings (SSSR count). The predicted octanol–water partition coefficient (Wildman–Crippen LogP) is 3.54. The molecule has 4 nitrogen and oxygen atoms in total. The Morgan fingerprint density at radius 3 is 2.40 bits per heavy atom. The van der Waals surface area contributed by atoms with Crippen LogP contribution in [0.1, 0.15) is 5.56 Å². The lowest BCUT2D eigenvalue weighted by atomic mass is 10.2. The molecule has 0 spiro atoms. The van der Waals surface area contributed by atoms with Crippen molar-refractivity contribution in [1.82, 2.24) is 4.98 Å². The van der Waals surface area contributed by atoms with Crippen LogP contribution < -0.4 is 11.1 Å². The molecule has 4 heteroatoms. The van der Waals surface area contributed by atoms with E-state index in [0.29, 0.717) is 5.89 Å². The summed E-state index contributed by atoms with van der Waals surface area (Å²) in [6, 6.07) is 15.8. The van der Waals surface area contributed by atoms with E-state index in [2.05, 4.69) is 10.3 Å². The molecule has 0 saturated heterocycles. The fraction of sp³-hybridized carbons (Fsp3) is 0.0625. The van der Waals surface area contributed by atoms with Gasteiger partial charge < -0.3 is 15.5 Å². The van der Waals surface area contributed by atoms with Gasteiger partial charge in [0.15, 0.2) is 0 Å². The second kappa shape index (κ2) is 5.48. The summed E-state index contributed by atoms with van der Waals surface area (Å²) in [6.07, 6.45) is 3.21. The van der Waals surface area contributed by atoms with E-state index in [1.807, 2.05) is 48.5 Å². The number of aromatic nitrogens is 1. The van der Waals surface area contributed by atoms with Crippen LogP contribution in [0.3, 0.4) is 0 Å². The third-order valence-corrected chi connectivity index (χ3v) is 3.04. The summed E-state index contributed by atoms with van der Waals surface area (Å²) in [4.78, 5) is 4.12. The molecule has 20 heavy (non-hydrogen) atoms. The van der Waals surface area contributed by atoms with Crippen molar-refractivity contribution in [2.24, 2.45) is 0 Å². The Hall–Kier alpha value is -2.75. The van der Waals surface area contributed by atoms with Gasteiger partial charge in [0, 0.05) is 23.5 Å². The van der Waals surface area contributed by atoms with Crippen LogP contribution >= 0.6 is 0 Å². The Morgan fingerprint density at radius 2 is 1.75 bits per heavy atom. The molecule has 0 aliphatic heterocycles. The van der Waals surface area contributed by atoms with Gasteiger partial charge in [-0.3, -0.25) is 0 Å². The molecule has 3 N–H and O–H groups in total. The smallest absolute Gasteiger partial charge is 0.225 e. The van der Waals surface area contributed by atoms with E-state index in [9.17, 15) is 0 Å². The molecular weight excluding hydrogens is 250 g/mol. The summed E-state index contributed by atoms with van der Waals surface area (Å²) >= 11 is 0. The molecule has 2 aromatic carbocycles. The minimum absolute atomic E-state index is 0.634. The van der Waals surface area contributed by atoms with Crippen molar-refractivity contribution in [2.45, 2.75) is 6.54 Å². The Labute approximate surface area is 117 Å². The van der Waals surface area contributed by atoms with Gasteiger partial charge in [-0.1, -0.05) is 12.1 Å². The summed E-state index contributed by atoms with van der Waals surface area (Å²) in [6.45, 7) is 0.763. The van der Waals surface area contributed by atoms with Gasteiger partial charge >= 0.3 is 0 Å². The molecule has 0 aliphatic carbocycles. The van der Waals surface area contributed by atoms with Crippen LogP contribution in [0.15, 0.2) is 65.4 Å². The fourth-order valence-electron chi connectivity index (χ4n) is 1.94. The van der Waals surface area contributed by atoms with Crippen molar-refractivity contribution in [2.75, 3.05) is 11.1 Å². The summed E-state index contributed by atoms with van der Waals surface area (Å²) in [5, 5.41) is 3.36. The Kier molecular flexibility index (Phi) is 3.37. The van der Waals surface area contributed by atoms with Crippen molar-refractivity contribution in [3.63, 3.8) is 0 Å². The average molecular weight is 265 g/mol. The molecule has 0 amide bonds. The van der Waals surface area contributed by atoms with Crippen molar-refractivity contribution < 1.29 is 4.42 Å². The van der Waals surface area contributed by atoms with Crippen molar-refractivity contribution >= 4 is 11.4 Å². The Bertz CT molecular complexity index is 658. The van der Waals surface area contributed by atoms with Crippen LogP contribution in [0.25, 0.3) is 11.5 Å². The van der Waals surface area contributed by atoms with Crippen molar-refractivity contribution in [3.8, 4) is 11.5 Å². The van der Waals surface area contributed by atoms with E-state index in [1.165, 1.54) is 5.56 Å². The number of hydrogen-bond acceptors (Lipinski definition) is 4. The topological polar surface area (TPSA) is 64.1 Å². The number of anilines is 2. The fourth-order valence-corrected chi connectivity index (χ4v) is 1.94. The maximum absolute atomic E-state index is 5.66. The highest BCUT2D eigenvalue weighted by atomic mass is 16.3. The van der Waals surface area contributed by atoms with E-state index >= 15 is 0 Å². The standard InChI is InChI=1S/C16H15N3O/c17-14-5-1-12(2-6-14)11-19-15-7-3-13(4-8-15)16-18-9-10-20-16/h1-10,19H,11,17H2. The first kappa shape index (κ1) is 12.3. The largest absolute Gasteiger partial charge is 0.445 e. The minimum atomic E-state index is 0.634. The highest BCUT2D eigenvalue weighted by Gasteiger charge is 2.01. The number of benzene rings is 2. The van der Waals surface area contributed by atoms with Crippen LogP contribution in [0.5, 0.6) is 0 Å². The summed E-state index contributed by atoms with van der Waals surface area (Å²) < 4.78 is 5.26. The highest BCUT2D eigenvalue weighted by molar-refractivity contribution is 5.58. The van der Waals surface area contributed by atoms with E-state index in [-0.39, 0.29) is 0 Å². The van der Waals surface area contributed by atoms with E-state index in [0.717, 1.165) is 23.5 Å². The Morgan fingerprint density at radius 1 is 1.00 bits per heavy atom. The van der Waals surface area contributed by atoms with Crippen molar-refractivity contribution in [3.05, 3.63) is 66.6 Å². The number of nitrogens with one attached hydrogen (secondary N) is 1. The molecule has 0 aliphatic rings. The normalized spacial score (nSPS) is 10.4. The van der Waals surface area contributed by atoms with Crippen LogP contribution in [-0.2, 0) is 6.54 Å². The third kappa shape index (κ3) is 2.80. The zero-order valence-corrected chi connectivity index (χ0v) is 10.9. The number of nitrogens with two attached hydrogens (primary N) is 1. The van der Waals surface area contributed by atoms with E-state index in [1.54, 1.807) is 12.5 Å². The third-order valence-electron chi connectivity index (χ3n) is 3.04. The molecule has 0 radical (unpaired) electrons. The van der Waals surface area contributed by atoms with Crippen LogP contribution in [0.4, 0.5) is 11.4 Å². The number of hydrogen-bond donors (Lipinski definition) is 2. The summed E-state index contributed by atoms with van der Waals surface area (Å²) in [5.74, 6) is 0.634. The molecule has 0 atom stereocenters. The van der Waals surface area contributed by atoms with Gasteiger partial charge in [-0.25, -0.2) is 4.98 Å². The molecule has 1 aromatic heterocycles. The zero-order chi connectivity index (χ0) is 13.8. The van der Waals surface area contributed by atoms with Gasteiger partial charge in [0.05, 0.1) is 6.20 Å². The van der Waals surface area contributed by atoms with Gasteiger partial charge in [-0.2, -0.15) is 0 Å². The predicted molar refractivity (Wildman–Crippen MR) is 80.1 cm³/mol. The van der Waals surface area contributed by atoms with Crippen molar-refractivity contribution in [1.29, 1.82) is 0 Å². The highest BCUT2D eigenvalue weighted by Crippen LogP contribution is 2.20. The number of rotatable bonds is 4. The molecule has 0 unspecified atom stereocenters. The van der Waals surface area contributed by atoms with Gasteiger partial charge in [0.1, 0.15) is 6.26 Å². The van der Waals surface area contributed by atoms with Gasteiger partial charge in [-0.05, 0) is 42.0 Å². The molecule has 1 heterocycles. The van der Waals surface area contributed by atoms with E-state index < -0.39 is 0 Å².